The predicted octanol–water partition coefficient (Wildman–Crippen LogP) is 1.96. The Morgan fingerprint density at radius 1 is 1.04 bits per heavy atom. The van der Waals surface area contributed by atoms with Gasteiger partial charge in [0.15, 0.2) is 11.5 Å². The summed E-state index contributed by atoms with van der Waals surface area (Å²) < 4.78 is 17.4. The van der Waals surface area contributed by atoms with Crippen molar-refractivity contribution in [3.8, 4) is 17.2 Å². The van der Waals surface area contributed by atoms with E-state index in [0.29, 0.717) is 17.2 Å². The highest BCUT2D eigenvalue weighted by Gasteiger charge is 2.16. The first-order valence-electron chi connectivity index (χ1n) is 8.08. The summed E-state index contributed by atoms with van der Waals surface area (Å²) in [5.74, 6) is 1.05. The van der Waals surface area contributed by atoms with Gasteiger partial charge in [0.1, 0.15) is 5.56 Å². The maximum absolute atomic E-state index is 12.5. The molecule has 1 aromatic heterocycles. The van der Waals surface area contributed by atoms with Gasteiger partial charge in [-0.15, -0.1) is 0 Å². The van der Waals surface area contributed by atoms with Gasteiger partial charge in [-0.25, -0.2) is 0 Å². The molecule has 1 N–H and O–H groups in total. The molecule has 0 fully saturated rings. The number of hydrogen-bond acceptors (Lipinski definition) is 5. The fourth-order valence-electron chi connectivity index (χ4n) is 2.66. The number of hydrogen-bond donors (Lipinski definition) is 1. The van der Waals surface area contributed by atoms with Gasteiger partial charge in [0.2, 0.25) is 5.75 Å². The maximum Gasteiger partial charge on any atom is 0.263 e. The molecule has 1 aromatic carbocycles. The molecule has 0 aliphatic carbocycles. The van der Waals surface area contributed by atoms with Crippen LogP contribution < -0.4 is 25.1 Å². The van der Waals surface area contributed by atoms with E-state index in [1.165, 1.54) is 25.9 Å². The summed E-state index contributed by atoms with van der Waals surface area (Å²) in [6.07, 6.45) is 0. The molecule has 7 heteroatoms. The van der Waals surface area contributed by atoms with Crippen molar-refractivity contribution in [1.29, 1.82) is 0 Å². The van der Waals surface area contributed by atoms with E-state index >= 15 is 0 Å². The largest absolute Gasteiger partial charge is 0.493 e. The van der Waals surface area contributed by atoms with Crippen molar-refractivity contribution in [2.24, 2.45) is 7.05 Å². The number of rotatable bonds is 6. The smallest absolute Gasteiger partial charge is 0.263 e. The Hall–Kier alpha value is -2.96. The van der Waals surface area contributed by atoms with E-state index in [4.69, 9.17) is 14.2 Å². The van der Waals surface area contributed by atoms with Crippen LogP contribution in [0.1, 0.15) is 27.2 Å². The highest BCUT2D eigenvalue weighted by atomic mass is 16.5. The molecule has 0 aliphatic rings. The van der Waals surface area contributed by atoms with Crippen molar-refractivity contribution >= 4 is 5.91 Å². The molecular weight excluding hydrogens is 336 g/mol. The van der Waals surface area contributed by atoms with Gasteiger partial charge in [0, 0.05) is 19.3 Å². The number of amides is 1. The van der Waals surface area contributed by atoms with Crippen molar-refractivity contribution in [3.05, 3.63) is 50.9 Å². The normalized spacial score (nSPS) is 10.4. The predicted molar refractivity (Wildman–Crippen MR) is 98.4 cm³/mol. The fourth-order valence-corrected chi connectivity index (χ4v) is 2.66. The average molecular weight is 360 g/mol. The highest BCUT2D eigenvalue weighted by molar-refractivity contribution is 5.94. The first-order chi connectivity index (χ1) is 12.3. The Morgan fingerprint density at radius 2 is 1.62 bits per heavy atom. The summed E-state index contributed by atoms with van der Waals surface area (Å²) >= 11 is 0. The number of nitrogens with one attached hydrogen (secondary N) is 1. The molecule has 140 valence electrons. The van der Waals surface area contributed by atoms with Crippen LogP contribution >= 0.6 is 0 Å². The summed E-state index contributed by atoms with van der Waals surface area (Å²) in [7, 11) is 6.23. The van der Waals surface area contributed by atoms with Crippen LogP contribution in [0.4, 0.5) is 0 Å². The number of nitrogens with zero attached hydrogens (tertiary/aromatic N) is 1. The Kier molecular flexibility index (Phi) is 5.92. The second-order valence-electron chi connectivity index (χ2n) is 5.91. The number of carbonyl (C=O) groups excluding carboxylic acids is 1. The van der Waals surface area contributed by atoms with Gasteiger partial charge in [-0.2, -0.15) is 0 Å². The number of pyridine rings is 1. The van der Waals surface area contributed by atoms with Crippen molar-refractivity contribution in [1.82, 2.24) is 9.88 Å². The molecule has 2 aromatic rings. The van der Waals surface area contributed by atoms with Crippen LogP contribution in [0.25, 0.3) is 0 Å². The number of ether oxygens (including phenoxy) is 3. The average Bonchev–Trinajstić information content (AvgIpc) is 2.66. The van der Waals surface area contributed by atoms with Crippen molar-refractivity contribution < 1.29 is 19.0 Å². The van der Waals surface area contributed by atoms with Crippen LogP contribution in [0.3, 0.4) is 0 Å². The van der Waals surface area contributed by atoms with E-state index in [9.17, 15) is 9.59 Å². The van der Waals surface area contributed by atoms with Gasteiger partial charge in [-0.1, -0.05) is 0 Å². The van der Waals surface area contributed by atoms with E-state index in [2.05, 4.69) is 5.32 Å². The SMILES string of the molecule is COc1cc(CNC(=O)c2cc(C)c(C)n(C)c2=O)cc(OC)c1OC. The number of methoxy groups -OCH3 is 3. The number of benzene rings is 1. The molecule has 0 saturated heterocycles. The molecule has 0 aliphatic heterocycles. The number of carbonyl (C=O) groups is 1. The van der Waals surface area contributed by atoms with Crippen LogP contribution in [-0.4, -0.2) is 31.8 Å². The standard InChI is InChI=1S/C19H24N2O5/c1-11-7-14(19(23)21(3)12(11)2)18(22)20-10-13-8-15(24-4)17(26-6)16(9-13)25-5/h7-9H,10H2,1-6H3,(H,20,22). The van der Waals surface area contributed by atoms with E-state index in [1.54, 1.807) is 25.2 Å². The summed E-state index contributed by atoms with van der Waals surface area (Å²) in [5, 5.41) is 2.77. The highest BCUT2D eigenvalue weighted by Crippen LogP contribution is 2.38. The lowest BCUT2D eigenvalue weighted by atomic mass is 10.1. The minimum atomic E-state index is -0.428. The molecule has 0 radical (unpaired) electrons. The van der Waals surface area contributed by atoms with Crippen LogP contribution in [-0.2, 0) is 13.6 Å². The van der Waals surface area contributed by atoms with Crippen molar-refractivity contribution in [2.45, 2.75) is 20.4 Å². The van der Waals surface area contributed by atoms with Gasteiger partial charge < -0.3 is 24.1 Å². The zero-order valence-electron chi connectivity index (χ0n) is 15.9. The zero-order chi connectivity index (χ0) is 19.4. The molecule has 0 bridgehead atoms. The molecule has 26 heavy (non-hydrogen) atoms. The molecular formula is C19H24N2O5. The van der Waals surface area contributed by atoms with Crippen LogP contribution in [0.2, 0.25) is 0 Å². The number of aryl methyl sites for hydroxylation is 1. The van der Waals surface area contributed by atoms with Crippen LogP contribution in [0.15, 0.2) is 23.0 Å². The van der Waals surface area contributed by atoms with E-state index < -0.39 is 5.91 Å². The molecule has 0 atom stereocenters. The Balaban J connectivity index is 2.27. The molecule has 2 rings (SSSR count). The maximum atomic E-state index is 12.5. The molecule has 0 unspecified atom stereocenters. The topological polar surface area (TPSA) is 78.8 Å². The van der Waals surface area contributed by atoms with Crippen LogP contribution in [0, 0.1) is 13.8 Å². The lowest BCUT2D eigenvalue weighted by Crippen LogP contribution is -2.33. The zero-order valence-corrected chi connectivity index (χ0v) is 15.9. The minimum Gasteiger partial charge on any atom is -0.493 e. The van der Waals surface area contributed by atoms with E-state index in [1.807, 2.05) is 13.8 Å². The van der Waals surface area contributed by atoms with Gasteiger partial charge in [0.05, 0.1) is 21.3 Å². The monoisotopic (exact) mass is 360 g/mol. The number of aromatic nitrogens is 1. The third-order valence-corrected chi connectivity index (χ3v) is 4.39. The van der Waals surface area contributed by atoms with E-state index in [0.717, 1.165) is 16.8 Å². The third kappa shape index (κ3) is 3.66. The quantitative estimate of drug-likeness (QED) is 0.852. The van der Waals surface area contributed by atoms with Crippen molar-refractivity contribution in [3.63, 3.8) is 0 Å². The molecule has 0 spiro atoms. The van der Waals surface area contributed by atoms with Gasteiger partial charge in [-0.3, -0.25) is 9.59 Å². The second-order valence-corrected chi connectivity index (χ2v) is 5.91. The second kappa shape index (κ2) is 7.95. The van der Waals surface area contributed by atoms with Gasteiger partial charge in [0.25, 0.3) is 11.5 Å². The molecule has 1 heterocycles. The summed E-state index contributed by atoms with van der Waals surface area (Å²) in [6.45, 7) is 3.92. The first-order valence-corrected chi connectivity index (χ1v) is 8.08. The first kappa shape index (κ1) is 19.4. The van der Waals surface area contributed by atoms with Gasteiger partial charge in [-0.05, 0) is 43.2 Å². The Labute approximate surface area is 152 Å². The van der Waals surface area contributed by atoms with Crippen molar-refractivity contribution in [2.75, 3.05) is 21.3 Å². The summed E-state index contributed by atoms with van der Waals surface area (Å²) in [6, 6.07) is 5.11. The van der Waals surface area contributed by atoms with E-state index in [-0.39, 0.29) is 17.7 Å². The fraction of sp³-hybridized carbons (Fsp3) is 0.368. The Morgan fingerprint density at radius 3 is 2.12 bits per heavy atom. The van der Waals surface area contributed by atoms with Gasteiger partial charge >= 0.3 is 0 Å². The third-order valence-electron chi connectivity index (χ3n) is 4.39. The lowest BCUT2D eigenvalue weighted by molar-refractivity contribution is 0.0948. The molecule has 7 nitrogen and oxygen atoms in total. The summed E-state index contributed by atoms with van der Waals surface area (Å²) in [5.41, 5.74) is 2.26. The molecule has 1 amide bonds. The lowest BCUT2D eigenvalue weighted by Gasteiger charge is -2.15. The minimum absolute atomic E-state index is 0.114. The Bertz CT molecular complexity index is 861. The van der Waals surface area contributed by atoms with Crippen LogP contribution in [0.5, 0.6) is 17.2 Å². The molecule has 0 saturated carbocycles. The summed E-state index contributed by atoms with van der Waals surface area (Å²) in [4.78, 5) is 24.8.